The minimum atomic E-state index is -3.74. The molecular formula is C22H27N3O3S. The van der Waals surface area contributed by atoms with Gasteiger partial charge in [0.25, 0.3) is 10.0 Å². The van der Waals surface area contributed by atoms with Crippen molar-refractivity contribution < 1.29 is 13.2 Å². The van der Waals surface area contributed by atoms with E-state index in [0.717, 1.165) is 30.4 Å². The van der Waals surface area contributed by atoms with Crippen LogP contribution in [-0.4, -0.2) is 26.7 Å². The molecule has 0 fully saturated rings. The van der Waals surface area contributed by atoms with Gasteiger partial charge in [-0.2, -0.15) is 0 Å². The lowest BCUT2D eigenvalue weighted by Crippen LogP contribution is -2.30. The van der Waals surface area contributed by atoms with Gasteiger partial charge in [-0.1, -0.05) is 30.7 Å². The second kappa shape index (κ2) is 9.22. The summed E-state index contributed by atoms with van der Waals surface area (Å²) < 4.78 is 28.0. The third-order valence-corrected chi connectivity index (χ3v) is 6.37. The molecule has 1 aliphatic rings. The summed E-state index contributed by atoms with van der Waals surface area (Å²) in [6.45, 7) is 4.68. The lowest BCUT2D eigenvalue weighted by atomic mass is 10.0. The third-order valence-electron chi connectivity index (χ3n) is 4.99. The largest absolute Gasteiger partial charge is 0.326 e. The van der Waals surface area contributed by atoms with Crippen LogP contribution in [0, 0.1) is 13.8 Å². The van der Waals surface area contributed by atoms with E-state index in [1.54, 1.807) is 12.1 Å². The van der Waals surface area contributed by atoms with Crippen molar-refractivity contribution in [2.75, 3.05) is 11.9 Å². The second-order valence-corrected chi connectivity index (χ2v) is 9.10. The Morgan fingerprint density at radius 3 is 2.66 bits per heavy atom. The molecule has 2 N–H and O–H groups in total. The maximum absolute atomic E-state index is 12.7. The van der Waals surface area contributed by atoms with E-state index >= 15 is 0 Å². The molecule has 0 bridgehead atoms. The lowest BCUT2D eigenvalue weighted by molar-refractivity contribution is -0.115. The van der Waals surface area contributed by atoms with Crippen molar-refractivity contribution >= 4 is 27.5 Å². The van der Waals surface area contributed by atoms with Crippen LogP contribution in [0.3, 0.4) is 0 Å². The Balaban J connectivity index is 1.68. The quantitative estimate of drug-likeness (QED) is 0.783. The van der Waals surface area contributed by atoms with E-state index < -0.39 is 10.0 Å². The minimum absolute atomic E-state index is 0.105. The smallest absolute Gasteiger partial charge is 0.262 e. The van der Waals surface area contributed by atoms with Crippen molar-refractivity contribution in [2.45, 2.75) is 50.8 Å². The number of carbonyl (C=O) groups is 1. The van der Waals surface area contributed by atoms with E-state index in [9.17, 15) is 13.2 Å². The maximum Gasteiger partial charge on any atom is 0.262 e. The number of anilines is 1. The Labute approximate surface area is 172 Å². The molecule has 0 aliphatic carbocycles. The van der Waals surface area contributed by atoms with Gasteiger partial charge in [0.15, 0.2) is 0 Å². The summed E-state index contributed by atoms with van der Waals surface area (Å²) >= 11 is 0. The predicted octanol–water partition coefficient (Wildman–Crippen LogP) is 3.74. The molecule has 0 atom stereocenters. The number of nitrogens with one attached hydrogen (secondary N) is 2. The molecule has 2 aromatic carbocycles. The number of nitrogens with zero attached hydrogens (tertiary/aromatic N) is 1. The van der Waals surface area contributed by atoms with Crippen molar-refractivity contribution in [3.8, 4) is 0 Å². The van der Waals surface area contributed by atoms with Crippen molar-refractivity contribution in [1.29, 1.82) is 0 Å². The highest BCUT2D eigenvalue weighted by Gasteiger charge is 2.18. The lowest BCUT2D eigenvalue weighted by Gasteiger charge is -2.11. The Hall–Kier alpha value is -2.67. The molecule has 1 amide bonds. The van der Waals surface area contributed by atoms with E-state index in [4.69, 9.17) is 0 Å². The highest BCUT2D eigenvalue weighted by atomic mass is 32.2. The molecule has 0 saturated carbocycles. The summed E-state index contributed by atoms with van der Waals surface area (Å²) in [6, 6.07) is 12.2. The number of benzene rings is 2. The normalized spacial score (nSPS) is 14.6. The minimum Gasteiger partial charge on any atom is -0.326 e. The van der Waals surface area contributed by atoms with Crippen molar-refractivity contribution in [3.63, 3.8) is 0 Å². The molecule has 1 heterocycles. The zero-order valence-electron chi connectivity index (χ0n) is 16.9. The SMILES string of the molecule is Cc1ccc(CC(=O)Nc2cccc(S(=O)(=O)NC3=NCCCCC3)c2)cc1C. The molecular weight excluding hydrogens is 386 g/mol. The van der Waals surface area contributed by atoms with Crippen LogP contribution >= 0.6 is 0 Å². The van der Waals surface area contributed by atoms with E-state index in [1.165, 1.54) is 17.7 Å². The number of sulfonamides is 1. The average molecular weight is 414 g/mol. The van der Waals surface area contributed by atoms with E-state index in [1.807, 2.05) is 32.0 Å². The van der Waals surface area contributed by atoms with Crippen LogP contribution in [0.4, 0.5) is 5.69 Å². The number of amides is 1. The molecule has 3 rings (SSSR count). The number of carbonyl (C=O) groups excluding carboxylic acids is 1. The van der Waals surface area contributed by atoms with E-state index in [-0.39, 0.29) is 17.2 Å². The molecule has 6 nitrogen and oxygen atoms in total. The maximum atomic E-state index is 12.7. The molecule has 2 aromatic rings. The van der Waals surface area contributed by atoms with Gasteiger partial charge in [0.05, 0.1) is 11.3 Å². The topological polar surface area (TPSA) is 87.6 Å². The number of aliphatic imine (C=N–C) groups is 1. The fraction of sp³-hybridized carbons (Fsp3) is 0.364. The van der Waals surface area contributed by atoms with Gasteiger partial charge < -0.3 is 5.32 Å². The summed E-state index contributed by atoms with van der Waals surface area (Å²) in [4.78, 5) is 16.8. The number of aryl methyl sites for hydroxylation is 2. The first-order valence-electron chi connectivity index (χ1n) is 9.86. The molecule has 0 unspecified atom stereocenters. The average Bonchev–Trinajstić information content (AvgIpc) is 2.93. The molecule has 154 valence electrons. The predicted molar refractivity (Wildman–Crippen MR) is 116 cm³/mol. The number of amidine groups is 1. The highest BCUT2D eigenvalue weighted by Crippen LogP contribution is 2.17. The van der Waals surface area contributed by atoms with Crippen LogP contribution in [0.15, 0.2) is 52.4 Å². The molecule has 0 aromatic heterocycles. The highest BCUT2D eigenvalue weighted by molar-refractivity contribution is 7.90. The van der Waals surface area contributed by atoms with Gasteiger partial charge in [-0.25, -0.2) is 8.42 Å². The van der Waals surface area contributed by atoms with E-state index in [0.29, 0.717) is 24.5 Å². The van der Waals surface area contributed by atoms with Crippen molar-refractivity contribution in [3.05, 3.63) is 59.2 Å². The summed E-state index contributed by atoms with van der Waals surface area (Å²) in [5, 5.41) is 2.79. The fourth-order valence-corrected chi connectivity index (χ4v) is 4.35. The first kappa shape index (κ1) is 21.0. The summed E-state index contributed by atoms with van der Waals surface area (Å²) in [7, 11) is -3.74. The van der Waals surface area contributed by atoms with Crippen LogP contribution in [-0.2, 0) is 21.2 Å². The molecule has 0 radical (unpaired) electrons. The summed E-state index contributed by atoms with van der Waals surface area (Å²) in [5.74, 6) is 0.315. The molecule has 7 heteroatoms. The number of hydrogen-bond donors (Lipinski definition) is 2. The Morgan fingerprint density at radius 1 is 1.03 bits per heavy atom. The van der Waals surface area contributed by atoms with Crippen LogP contribution in [0.1, 0.15) is 42.4 Å². The van der Waals surface area contributed by atoms with Gasteiger partial charge in [-0.3, -0.25) is 14.5 Å². The third kappa shape index (κ3) is 5.90. The monoisotopic (exact) mass is 413 g/mol. The standard InChI is InChI=1S/C22H27N3O3S/c1-16-10-11-18(13-17(16)2)14-22(26)24-19-7-6-8-20(15-19)29(27,28)25-21-9-4-3-5-12-23-21/h6-8,10-11,13,15H,3-5,9,12,14H2,1-2H3,(H,23,25)(H,24,26). The summed E-state index contributed by atoms with van der Waals surface area (Å²) in [5.41, 5.74) is 3.68. The molecule has 29 heavy (non-hydrogen) atoms. The van der Waals surface area contributed by atoms with Crippen LogP contribution in [0.25, 0.3) is 0 Å². The van der Waals surface area contributed by atoms with Gasteiger partial charge in [0, 0.05) is 18.7 Å². The zero-order chi connectivity index (χ0) is 20.9. The van der Waals surface area contributed by atoms with Gasteiger partial charge in [-0.05, 0) is 61.6 Å². The Bertz CT molecular complexity index is 1030. The number of rotatable bonds is 5. The van der Waals surface area contributed by atoms with Crippen LogP contribution < -0.4 is 10.0 Å². The first-order chi connectivity index (χ1) is 13.8. The zero-order valence-corrected chi connectivity index (χ0v) is 17.7. The molecule has 1 aliphatic heterocycles. The summed E-state index contributed by atoms with van der Waals surface area (Å²) in [6.07, 6.45) is 3.82. The fourth-order valence-electron chi connectivity index (χ4n) is 3.22. The van der Waals surface area contributed by atoms with Gasteiger partial charge in [0.1, 0.15) is 5.84 Å². The van der Waals surface area contributed by atoms with Crippen molar-refractivity contribution in [1.82, 2.24) is 4.72 Å². The second-order valence-electron chi connectivity index (χ2n) is 7.42. The molecule has 0 saturated heterocycles. The number of hydrogen-bond acceptors (Lipinski definition) is 4. The Kier molecular flexibility index (Phi) is 6.69. The van der Waals surface area contributed by atoms with Gasteiger partial charge >= 0.3 is 0 Å². The molecule has 0 spiro atoms. The van der Waals surface area contributed by atoms with Crippen LogP contribution in [0.2, 0.25) is 0 Å². The van der Waals surface area contributed by atoms with E-state index in [2.05, 4.69) is 15.0 Å². The Morgan fingerprint density at radius 2 is 1.86 bits per heavy atom. The first-order valence-corrected chi connectivity index (χ1v) is 11.3. The van der Waals surface area contributed by atoms with Gasteiger partial charge in [0.2, 0.25) is 5.91 Å². The van der Waals surface area contributed by atoms with Gasteiger partial charge in [-0.15, -0.1) is 0 Å². The van der Waals surface area contributed by atoms with Crippen molar-refractivity contribution in [2.24, 2.45) is 4.99 Å². The van der Waals surface area contributed by atoms with Crippen LogP contribution in [0.5, 0.6) is 0 Å².